The van der Waals surface area contributed by atoms with Gasteiger partial charge in [0.2, 0.25) is 0 Å². The number of carbonyl (C=O) groups excluding carboxylic acids is 1. The lowest BCUT2D eigenvalue weighted by molar-refractivity contribution is -0.146. The number of benzene rings is 3. The van der Waals surface area contributed by atoms with E-state index in [1.807, 2.05) is 92.7 Å². The number of nitrogens with zero attached hydrogens (tertiary/aromatic N) is 4. The summed E-state index contributed by atoms with van der Waals surface area (Å²) >= 11 is 0. The lowest BCUT2D eigenvalue weighted by atomic mass is 9.93. The molecule has 5 aromatic rings. The Morgan fingerprint density at radius 1 is 1.00 bits per heavy atom. The Balaban J connectivity index is 1.21. The number of carbonyl (C=O) groups is 1. The smallest absolute Gasteiger partial charge is 0.316 e. The predicted molar refractivity (Wildman–Crippen MR) is 154 cm³/mol. The summed E-state index contributed by atoms with van der Waals surface area (Å²) in [5.41, 5.74) is 6.06. The lowest BCUT2D eigenvalue weighted by Crippen LogP contribution is -2.23. The average molecular weight is 549 g/mol. The normalized spacial score (nSPS) is 15.3. The van der Waals surface area contributed by atoms with E-state index in [-0.39, 0.29) is 12.0 Å². The summed E-state index contributed by atoms with van der Waals surface area (Å²) < 4.78 is 12.7. The van der Waals surface area contributed by atoms with E-state index < -0.39 is 11.5 Å². The van der Waals surface area contributed by atoms with E-state index in [0.717, 1.165) is 40.7 Å². The van der Waals surface area contributed by atoms with E-state index in [4.69, 9.17) is 9.26 Å². The molecule has 1 saturated carbocycles. The van der Waals surface area contributed by atoms with Gasteiger partial charge in [0.1, 0.15) is 11.8 Å². The quantitative estimate of drug-likeness (QED) is 0.219. The number of aliphatic hydroxyl groups is 1. The number of aliphatic hydroxyl groups excluding tert-OH is 1. The van der Waals surface area contributed by atoms with Crippen molar-refractivity contribution < 1.29 is 19.2 Å². The Morgan fingerprint density at radius 2 is 1.63 bits per heavy atom. The number of aromatic nitrogens is 4. The fourth-order valence-electron chi connectivity index (χ4n) is 5.34. The monoisotopic (exact) mass is 548 g/mol. The molecule has 1 N–H and O–H groups in total. The number of rotatable bonds is 9. The van der Waals surface area contributed by atoms with Gasteiger partial charge in [-0.1, -0.05) is 89.2 Å². The Bertz CT molecular complexity index is 1650. The van der Waals surface area contributed by atoms with Crippen LogP contribution < -0.4 is 0 Å². The molecule has 6 rings (SSSR count). The van der Waals surface area contributed by atoms with Crippen molar-refractivity contribution >= 4 is 5.97 Å². The van der Waals surface area contributed by atoms with E-state index in [9.17, 15) is 9.90 Å². The van der Waals surface area contributed by atoms with Crippen LogP contribution in [0.25, 0.3) is 22.5 Å². The molecule has 0 aliphatic heterocycles. The van der Waals surface area contributed by atoms with Gasteiger partial charge in [-0.15, -0.1) is 5.10 Å². The molecule has 2 atom stereocenters. The van der Waals surface area contributed by atoms with Gasteiger partial charge < -0.3 is 14.4 Å². The molecule has 41 heavy (non-hydrogen) atoms. The molecule has 2 unspecified atom stereocenters. The second kappa shape index (κ2) is 10.8. The predicted octanol–water partition coefficient (Wildman–Crippen LogP) is 6.19. The second-order valence-corrected chi connectivity index (χ2v) is 10.6. The summed E-state index contributed by atoms with van der Waals surface area (Å²) in [6.07, 6.45) is 2.37. The zero-order valence-electron chi connectivity index (χ0n) is 23.3. The van der Waals surface area contributed by atoms with Gasteiger partial charge in [-0.25, -0.2) is 4.68 Å². The van der Waals surface area contributed by atoms with E-state index in [1.54, 1.807) is 17.8 Å². The highest BCUT2D eigenvalue weighted by atomic mass is 16.5. The average Bonchev–Trinajstić information content (AvgIpc) is 3.51. The number of ether oxygens (including phenoxy) is 1. The van der Waals surface area contributed by atoms with Crippen molar-refractivity contribution in [3.63, 3.8) is 0 Å². The van der Waals surface area contributed by atoms with Gasteiger partial charge in [0.05, 0.1) is 35.5 Å². The van der Waals surface area contributed by atoms with Gasteiger partial charge in [-0.3, -0.25) is 4.79 Å². The Hall–Kier alpha value is -4.56. The molecule has 1 fully saturated rings. The van der Waals surface area contributed by atoms with E-state index in [1.165, 1.54) is 0 Å². The van der Waals surface area contributed by atoms with Crippen molar-refractivity contribution in [3.8, 4) is 22.5 Å². The van der Waals surface area contributed by atoms with E-state index in [2.05, 4.69) is 15.5 Å². The molecule has 0 amide bonds. The maximum absolute atomic E-state index is 12.4. The summed E-state index contributed by atoms with van der Waals surface area (Å²) in [7, 11) is 0. The summed E-state index contributed by atoms with van der Waals surface area (Å²) in [5.74, 6) is 0.360. The molecule has 0 bridgehead atoms. The molecular formula is C33H32N4O4. The third kappa shape index (κ3) is 4.95. The van der Waals surface area contributed by atoms with Crippen molar-refractivity contribution in [1.82, 2.24) is 20.2 Å². The first-order valence-electron chi connectivity index (χ1n) is 13.9. The van der Waals surface area contributed by atoms with E-state index in [0.29, 0.717) is 29.3 Å². The molecule has 2 heterocycles. The van der Waals surface area contributed by atoms with Crippen molar-refractivity contribution in [1.29, 1.82) is 0 Å². The molecule has 0 spiro atoms. The van der Waals surface area contributed by atoms with Crippen molar-refractivity contribution in [3.05, 3.63) is 113 Å². The molecule has 8 heteroatoms. The van der Waals surface area contributed by atoms with Crippen molar-refractivity contribution in [2.75, 3.05) is 6.61 Å². The second-order valence-electron chi connectivity index (χ2n) is 10.6. The molecule has 2 aromatic heterocycles. The van der Waals surface area contributed by atoms with Crippen LogP contribution in [-0.4, -0.2) is 37.8 Å². The molecule has 0 saturated heterocycles. The first-order chi connectivity index (χ1) is 19.9. The SMILES string of the molecule is CCOC(=O)C1(c2ccc(-c3ccc(-c4onc(C)c4C(O)c4cn(C(C)c5ccccc5)nn4)cc3)cc2)CC1. The molecule has 0 radical (unpaired) electrons. The van der Waals surface area contributed by atoms with Crippen LogP contribution in [-0.2, 0) is 14.9 Å². The highest BCUT2D eigenvalue weighted by Crippen LogP contribution is 2.49. The zero-order chi connectivity index (χ0) is 28.6. The molecular weight excluding hydrogens is 516 g/mol. The zero-order valence-corrected chi connectivity index (χ0v) is 23.3. The van der Waals surface area contributed by atoms with Gasteiger partial charge in [-0.05, 0) is 55.9 Å². The maximum atomic E-state index is 12.4. The van der Waals surface area contributed by atoms with Crippen LogP contribution >= 0.6 is 0 Å². The van der Waals surface area contributed by atoms with Gasteiger partial charge in [-0.2, -0.15) is 0 Å². The highest BCUT2D eigenvalue weighted by Gasteiger charge is 2.52. The number of hydrogen-bond acceptors (Lipinski definition) is 7. The Morgan fingerprint density at radius 3 is 2.27 bits per heavy atom. The van der Waals surface area contributed by atoms with Crippen LogP contribution in [0, 0.1) is 6.92 Å². The molecule has 1 aliphatic rings. The summed E-state index contributed by atoms with van der Waals surface area (Å²) in [6.45, 7) is 6.07. The van der Waals surface area contributed by atoms with Crippen molar-refractivity contribution in [2.24, 2.45) is 0 Å². The first-order valence-corrected chi connectivity index (χ1v) is 13.9. The largest absolute Gasteiger partial charge is 0.465 e. The summed E-state index contributed by atoms with van der Waals surface area (Å²) in [6, 6.07) is 26.0. The summed E-state index contributed by atoms with van der Waals surface area (Å²) in [4.78, 5) is 12.4. The van der Waals surface area contributed by atoms with Gasteiger partial charge >= 0.3 is 5.97 Å². The minimum Gasteiger partial charge on any atom is -0.465 e. The summed E-state index contributed by atoms with van der Waals surface area (Å²) in [5, 5.41) is 24.0. The fourth-order valence-corrected chi connectivity index (χ4v) is 5.34. The third-order valence-electron chi connectivity index (χ3n) is 8.00. The highest BCUT2D eigenvalue weighted by molar-refractivity contribution is 5.87. The van der Waals surface area contributed by atoms with Crippen LogP contribution in [0.2, 0.25) is 0 Å². The van der Waals surface area contributed by atoms with Crippen LogP contribution in [0.1, 0.15) is 66.9 Å². The van der Waals surface area contributed by atoms with Gasteiger partial charge in [0.25, 0.3) is 0 Å². The standard InChI is InChI=1S/C33H32N4O4/c1-4-40-32(39)33(18-19-33)27-16-14-25(15-17-27)24-10-12-26(13-11-24)31-29(21(2)35-41-31)30(38)28-20-37(36-34-28)22(3)23-8-6-5-7-9-23/h5-17,20,22,30,38H,4,18-19H2,1-3H3. The Kier molecular flexibility index (Phi) is 7.01. The van der Waals surface area contributed by atoms with Crippen LogP contribution in [0.5, 0.6) is 0 Å². The minimum atomic E-state index is -1.05. The number of hydrogen-bond donors (Lipinski definition) is 1. The van der Waals surface area contributed by atoms with Crippen LogP contribution in [0.15, 0.2) is 89.6 Å². The molecule has 3 aromatic carbocycles. The number of aryl methyl sites for hydroxylation is 1. The van der Waals surface area contributed by atoms with Crippen LogP contribution in [0.4, 0.5) is 0 Å². The third-order valence-corrected chi connectivity index (χ3v) is 8.00. The van der Waals surface area contributed by atoms with Crippen LogP contribution in [0.3, 0.4) is 0 Å². The van der Waals surface area contributed by atoms with Crippen molar-refractivity contribution in [2.45, 2.75) is 51.2 Å². The Labute approximate surface area is 238 Å². The van der Waals surface area contributed by atoms with E-state index >= 15 is 0 Å². The maximum Gasteiger partial charge on any atom is 0.316 e. The first kappa shape index (κ1) is 26.7. The number of esters is 1. The van der Waals surface area contributed by atoms with Gasteiger partial charge in [0.15, 0.2) is 5.76 Å². The fraction of sp³-hybridized carbons (Fsp3) is 0.273. The van der Waals surface area contributed by atoms with Gasteiger partial charge in [0, 0.05) is 5.56 Å². The molecule has 208 valence electrons. The lowest BCUT2D eigenvalue weighted by Gasteiger charge is -2.14. The topological polar surface area (TPSA) is 103 Å². The molecule has 8 nitrogen and oxygen atoms in total. The minimum absolute atomic E-state index is 0.0331. The molecule has 1 aliphatic carbocycles.